The van der Waals surface area contributed by atoms with Crippen molar-refractivity contribution in [1.29, 1.82) is 0 Å². The van der Waals surface area contributed by atoms with Crippen LogP contribution < -0.4 is 15.4 Å². The van der Waals surface area contributed by atoms with Gasteiger partial charge in [-0.1, -0.05) is 12.1 Å². The quantitative estimate of drug-likeness (QED) is 0.941. The zero-order valence-corrected chi connectivity index (χ0v) is 12.5. The maximum absolute atomic E-state index is 5.85. The zero-order chi connectivity index (χ0) is 14.8. The van der Waals surface area contributed by atoms with Crippen LogP contribution in [0.1, 0.15) is 23.6 Å². The fourth-order valence-corrected chi connectivity index (χ4v) is 2.75. The van der Waals surface area contributed by atoms with Crippen LogP contribution in [0.4, 0.5) is 11.5 Å². The summed E-state index contributed by atoms with van der Waals surface area (Å²) in [5.74, 6) is 2.29. The number of anilines is 2. The predicted molar refractivity (Wildman–Crippen MR) is 85.4 cm³/mol. The molecular weight excluding hydrogens is 262 g/mol. The number of nitrogens with two attached hydrogens (primary N) is 1. The molecule has 21 heavy (non-hydrogen) atoms. The lowest BCUT2D eigenvalue weighted by molar-refractivity contribution is 0.269. The van der Waals surface area contributed by atoms with Gasteiger partial charge >= 0.3 is 0 Å². The number of nitrogens with zero attached hydrogens (tertiary/aromatic N) is 2. The standard InChI is InChI=1S/C17H21N3O/c1-12-4-3-5-17(19-12)20(2)14-6-7-15-13(11-18)8-9-21-16(15)10-14/h3-7,10,13H,8-9,11,18H2,1-2H3/t13-/m0/s1. The van der Waals surface area contributed by atoms with Crippen molar-refractivity contribution in [1.82, 2.24) is 4.98 Å². The van der Waals surface area contributed by atoms with E-state index in [0.717, 1.165) is 36.0 Å². The maximum atomic E-state index is 5.85. The van der Waals surface area contributed by atoms with Crippen LogP contribution in [0, 0.1) is 6.92 Å². The topological polar surface area (TPSA) is 51.4 Å². The highest BCUT2D eigenvalue weighted by Gasteiger charge is 2.21. The molecular formula is C17H21N3O. The molecule has 1 aliphatic rings. The smallest absolute Gasteiger partial charge is 0.132 e. The molecule has 4 heteroatoms. The number of aromatic nitrogens is 1. The second-order valence-electron chi connectivity index (χ2n) is 5.49. The first kappa shape index (κ1) is 13.9. The molecule has 0 amide bonds. The molecule has 4 nitrogen and oxygen atoms in total. The normalized spacial score (nSPS) is 17.0. The van der Waals surface area contributed by atoms with Gasteiger partial charge in [0.15, 0.2) is 0 Å². The van der Waals surface area contributed by atoms with E-state index < -0.39 is 0 Å². The van der Waals surface area contributed by atoms with Crippen LogP contribution in [-0.2, 0) is 0 Å². The van der Waals surface area contributed by atoms with Crippen LogP contribution in [0.25, 0.3) is 0 Å². The molecule has 0 aliphatic carbocycles. The van der Waals surface area contributed by atoms with Gasteiger partial charge in [0.2, 0.25) is 0 Å². The molecule has 3 rings (SSSR count). The lowest BCUT2D eigenvalue weighted by Crippen LogP contribution is -2.21. The molecule has 1 atom stereocenters. The van der Waals surface area contributed by atoms with Gasteiger partial charge in [0.05, 0.1) is 6.61 Å². The number of hydrogen-bond donors (Lipinski definition) is 1. The fraction of sp³-hybridized carbons (Fsp3) is 0.353. The van der Waals surface area contributed by atoms with Gasteiger partial charge in [-0.05, 0) is 43.7 Å². The lowest BCUT2D eigenvalue weighted by atomic mass is 9.93. The van der Waals surface area contributed by atoms with E-state index in [9.17, 15) is 0 Å². The molecule has 2 N–H and O–H groups in total. The molecule has 1 aromatic carbocycles. The summed E-state index contributed by atoms with van der Waals surface area (Å²) in [6, 6.07) is 12.4. The van der Waals surface area contributed by atoms with E-state index in [1.54, 1.807) is 0 Å². The van der Waals surface area contributed by atoms with Crippen molar-refractivity contribution in [2.45, 2.75) is 19.3 Å². The minimum atomic E-state index is 0.408. The minimum Gasteiger partial charge on any atom is -0.493 e. The maximum Gasteiger partial charge on any atom is 0.132 e. The molecule has 0 spiro atoms. The minimum absolute atomic E-state index is 0.408. The summed E-state index contributed by atoms with van der Waals surface area (Å²) in [4.78, 5) is 6.63. The van der Waals surface area contributed by atoms with Crippen LogP contribution in [0.2, 0.25) is 0 Å². The molecule has 0 unspecified atom stereocenters. The van der Waals surface area contributed by atoms with Crippen LogP contribution in [0.5, 0.6) is 5.75 Å². The third kappa shape index (κ3) is 2.72. The van der Waals surface area contributed by atoms with E-state index in [1.165, 1.54) is 5.56 Å². The summed E-state index contributed by atoms with van der Waals surface area (Å²) < 4.78 is 5.80. The Morgan fingerprint density at radius 1 is 1.33 bits per heavy atom. The van der Waals surface area contributed by atoms with Crippen LogP contribution in [0.3, 0.4) is 0 Å². The third-order valence-corrected chi connectivity index (χ3v) is 4.05. The lowest BCUT2D eigenvalue weighted by Gasteiger charge is -2.27. The number of benzene rings is 1. The first-order valence-corrected chi connectivity index (χ1v) is 7.33. The number of fused-ring (bicyclic) bond motifs is 1. The molecule has 0 fully saturated rings. The number of pyridine rings is 1. The molecule has 1 aliphatic heterocycles. The van der Waals surface area contributed by atoms with Gasteiger partial charge in [-0.2, -0.15) is 0 Å². The molecule has 2 aromatic rings. The summed E-state index contributed by atoms with van der Waals surface area (Å²) >= 11 is 0. The second kappa shape index (κ2) is 5.74. The first-order chi connectivity index (χ1) is 10.2. The van der Waals surface area contributed by atoms with Gasteiger partial charge in [0.25, 0.3) is 0 Å². The van der Waals surface area contributed by atoms with Crippen LogP contribution in [0.15, 0.2) is 36.4 Å². The Hall–Kier alpha value is -2.07. The number of ether oxygens (including phenoxy) is 1. The highest BCUT2D eigenvalue weighted by atomic mass is 16.5. The van der Waals surface area contributed by atoms with Crippen LogP contribution in [-0.4, -0.2) is 25.2 Å². The van der Waals surface area contributed by atoms with E-state index in [4.69, 9.17) is 10.5 Å². The molecule has 0 bridgehead atoms. The highest BCUT2D eigenvalue weighted by molar-refractivity contribution is 5.63. The zero-order valence-electron chi connectivity index (χ0n) is 12.5. The van der Waals surface area contributed by atoms with Crippen molar-refractivity contribution < 1.29 is 4.74 Å². The molecule has 0 saturated carbocycles. The first-order valence-electron chi connectivity index (χ1n) is 7.33. The number of hydrogen-bond acceptors (Lipinski definition) is 4. The van der Waals surface area contributed by atoms with Gasteiger partial charge in [-0.3, -0.25) is 0 Å². The number of rotatable bonds is 3. The largest absolute Gasteiger partial charge is 0.493 e. The SMILES string of the molecule is Cc1cccc(N(C)c2ccc3c(c2)OCC[C@H]3CN)n1. The summed E-state index contributed by atoms with van der Waals surface area (Å²) in [5, 5.41) is 0. The Bertz CT molecular complexity index is 642. The van der Waals surface area contributed by atoms with Crippen molar-refractivity contribution in [3.8, 4) is 5.75 Å². The van der Waals surface area contributed by atoms with Gasteiger partial charge in [0, 0.05) is 30.4 Å². The van der Waals surface area contributed by atoms with E-state index in [-0.39, 0.29) is 0 Å². The monoisotopic (exact) mass is 283 g/mol. The Labute approximate surface area is 125 Å². The Morgan fingerprint density at radius 2 is 2.19 bits per heavy atom. The average molecular weight is 283 g/mol. The van der Waals surface area contributed by atoms with Crippen molar-refractivity contribution in [3.05, 3.63) is 47.7 Å². The summed E-state index contributed by atoms with van der Waals surface area (Å²) in [6.07, 6.45) is 0.998. The van der Waals surface area contributed by atoms with E-state index in [2.05, 4.69) is 28.1 Å². The van der Waals surface area contributed by atoms with Crippen molar-refractivity contribution in [2.75, 3.05) is 25.1 Å². The van der Waals surface area contributed by atoms with Gasteiger partial charge in [-0.15, -0.1) is 0 Å². The van der Waals surface area contributed by atoms with Gasteiger partial charge in [-0.25, -0.2) is 4.98 Å². The molecule has 0 saturated heterocycles. The van der Waals surface area contributed by atoms with Crippen LogP contribution >= 0.6 is 0 Å². The Balaban J connectivity index is 1.93. The van der Waals surface area contributed by atoms with Crippen molar-refractivity contribution in [2.24, 2.45) is 5.73 Å². The van der Waals surface area contributed by atoms with E-state index >= 15 is 0 Å². The second-order valence-corrected chi connectivity index (χ2v) is 5.49. The van der Waals surface area contributed by atoms with Gasteiger partial charge in [0.1, 0.15) is 11.6 Å². The molecule has 2 heterocycles. The molecule has 110 valence electrons. The average Bonchev–Trinajstić information content (AvgIpc) is 2.53. The van der Waals surface area contributed by atoms with E-state index in [0.29, 0.717) is 12.5 Å². The summed E-state index contributed by atoms with van der Waals surface area (Å²) in [6.45, 7) is 3.41. The number of aryl methyl sites for hydroxylation is 1. The molecule has 0 radical (unpaired) electrons. The Kier molecular flexibility index (Phi) is 3.80. The van der Waals surface area contributed by atoms with E-state index in [1.807, 2.05) is 32.2 Å². The van der Waals surface area contributed by atoms with Gasteiger partial charge < -0.3 is 15.4 Å². The third-order valence-electron chi connectivity index (χ3n) is 4.05. The summed E-state index contributed by atoms with van der Waals surface area (Å²) in [7, 11) is 2.02. The highest BCUT2D eigenvalue weighted by Crippen LogP contribution is 2.36. The van der Waals surface area contributed by atoms with Crippen molar-refractivity contribution >= 4 is 11.5 Å². The Morgan fingerprint density at radius 3 is 2.95 bits per heavy atom. The predicted octanol–water partition coefficient (Wildman–Crippen LogP) is 2.98. The summed E-state index contributed by atoms with van der Waals surface area (Å²) in [5.41, 5.74) is 9.15. The fourth-order valence-electron chi connectivity index (χ4n) is 2.75. The molecule has 1 aromatic heterocycles. The van der Waals surface area contributed by atoms with Crippen molar-refractivity contribution in [3.63, 3.8) is 0 Å².